The van der Waals surface area contributed by atoms with Crippen LogP contribution in [0.1, 0.15) is 32.6 Å². The Morgan fingerprint density at radius 2 is 2.35 bits per heavy atom. The van der Waals surface area contributed by atoms with Crippen molar-refractivity contribution in [3.05, 3.63) is 18.7 Å². The smallest absolute Gasteiger partial charge is 0.0946 e. The lowest BCUT2D eigenvalue weighted by Gasteiger charge is -2.30. The second-order valence-electron chi connectivity index (χ2n) is 4.95. The normalized spacial score (nSPS) is 26.4. The van der Waals surface area contributed by atoms with E-state index in [1.807, 2.05) is 12.5 Å². The maximum absolute atomic E-state index is 9.13. The number of hydrogen-bond donors (Lipinski definition) is 1. The Bertz CT molecular complexity index is 365. The van der Waals surface area contributed by atoms with Gasteiger partial charge in [0.2, 0.25) is 0 Å². The first kappa shape index (κ1) is 12.1. The summed E-state index contributed by atoms with van der Waals surface area (Å²) < 4.78 is 2.07. The van der Waals surface area contributed by atoms with Gasteiger partial charge in [0, 0.05) is 31.0 Å². The molecule has 92 valence electrons. The van der Waals surface area contributed by atoms with Crippen molar-refractivity contribution in [1.82, 2.24) is 14.9 Å². The summed E-state index contributed by atoms with van der Waals surface area (Å²) in [5, 5.41) is 12.7. The molecule has 3 unspecified atom stereocenters. The van der Waals surface area contributed by atoms with Crippen LogP contribution >= 0.6 is 0 Å². The van der Waals surface area contributed by atoms with Crippen LogP contribution in [0.15, 0.2) is 18.7 Å². The molecular formula is C13H20N4. The monoisotopic (exact) mass is 232 g/mol. The Labute approximate surface area is 103 Å². The zero-order valence-corrected chi connectivity index (χ0v) is 10.3. The molecule has 0 aliphatic heterocycles. The van der Waals surface area contributed by atoms with Crippen LogP contribution in [0.5, 0.6) is 0 Å². The molecule has 0 bridgehead atoms. The quantitative estimate of drug-likeness (QED) is 0.863. The first-order valence-electron chi connectivity index (χ1n) is 6.41. The summed E-state index contributed by atoms with van der Waals surface area (Å²) in [4.78, 5) is 4.04. The molecule has 0 radical (unpaired) electrons. The van der Waals surface area contributed by atoms with Crippen LogP contribution in [0.3, 0.4) is 0 Å². The third-order valence-electron chi connectivity index (χ3n) is 3.47. The molecule has 4 heteroatoms. The van der Waals surface area contributed by atoms with Gasteiger partial charge in [0.15, 0.2) is 0 Å². The van der Waals surface area contributed by atoms with Crippen molar-refractivity contribution >= 4 is 0 Å². The van der Waals surface area contributed by atoms with Gasteiger partial charge in [-0.2, -0.15) is 5.26 Å². The predicted octanol–water partition coefficient (Wildman–Crippen LogP) is 1.94. The van der Waals surface area contributed by atoms with Crippen LogP contribution in [0.4, 0.5) is 0 Å². The Balaban J connectivity index is 1.84. The maximum Gasteiger partial charge on any atom is 0.0946 e. The summed E-state index contributed by atoms with van der Waals surface area (Å²) in [7, 11) is 0. The van der Waals surface area contributed by atoms with E-state index in [1.54, 1.807) is 6.20 Å². The lowest BCUT2D eigenvalue weighted by atomic mass is 9.85. The first-order valence-corrected chi connectivity index (χ1v) is 6.41. The minimum atomic E-state index is 0.189. The highest BCUT2D eigenvalue weighted by molar-refractivity contribution is 4.95. The van der Waals surface area contributed by atoms with Crippen LogP contribution < -0.4 is 5.32 Å². The molecule has 17 heavy (non-hydrogen) atoms. The zero-order valence-electron chi connectivity index (χ0n) is 10.3. The lowest BCUT2D eigenvalue weighted by molar-refractivity contribution is 0.281. The van der Waals surface area contributed by atoms with E-state index in [0.29, 0.717) is 12.1 Å². The van der Waals surface area contributed by atoms with E-state index in [1.165, 1.54) is 12.8 Å². The topological polar surface area (TPSA) is 53.6 Å². The Morgan fingerprint density at radius 1 is 1.53 bits per heavy atom. The molecule has 0 amide bonds. The predicted molar refractivity (Wildman–Crippen MR) is 66.2 cm³/mol. The van der Waals surface area contributed by atoms with Gasteiger partial charge in [0.05, 0.1) is 18.3 Å². The van der Waals surface area contributed by atoms with Gasteiger partial charge >= 0.3 is 0 Å². The molecule has 1 aliphatic carbocycles. The fraction of sp³-hybridized carbons (Fsp3) is 0.692. The lowest BCUT2D eigenvalue weighted by Crippen LogP contribution is -2.44. The summed E-state index contributed by atoms with van der Waals surface area (Å²) >= 11 is 0. The number of nitrogens with zero attached hydrogens (tertiary/aromatic N) is 3. The first-order chi connectivity index (χ1) is 8.29. The molecule has 1 heterocycles. The summed E-state index contributed by atoms with van der Waals surface area (Å²) in [6, 6.07) is 3.18. The summed E-state index contributed by atoms with van der Waals surface area (Å²) in [6.07, 6.45) is 10.2. The van der Waals surface area contributed by atoms with Crippen LogP contribution in [0.2, 0.25) is 0 Å². The van der Waals surface area contributed by atoms with E-state index >= 15 is 0 Å². The summed E-state index contributed by atoms with van der Waals surface area (Å²) in [5.41, 5.74) is 0. The number of nitrogens with one attached hydrogen (secondary N) is 1. The molecular weight excluding hydrogens is 212 g/mol. The van der Waals surface area contributed by atoms with Gasteiger partial charge in [-0.3, -0.25) is 0 Å². The molecule has 1 aromatic rings. The molecule has 0 saturated heterocycles. The third kappa shape index (κ3) is 3.31. The zero-order chi connectivity index (χ0) is 12.1. The van der Waals surface area contributed by atoms with Crippen molar-refractivity contribution in [2.75, 3.05) is 0 Å². The van der Waals surface area contributed by atoms with Gasteiger partial charge in [-0.1, -0.05) is 12.8 Å². The number of aromatic nitrogens is 2. The van der Waals surface area contributed by atoms with E-state index in [0.717, 1.165) is 19.4 Å². The fourth-order valence-electron chi connectivity index (χ4n) is 2.61. The van der Waals surface area contributed by atoms with Gasteiger partial charge in [-0.05, 0) is 19.8 Å². The molecule has 1 aromatic heterocycles. The molecule has 1 N–H and O–H groups in total. The standard InChI is InChI=1S/C13H20N4/c1-11(9-17-7-6-15-10-17)16-13-5-3-2-4-12(13)8-14/h6-7,10-13,16H,2-5,9H2,1H3. The number of hydrogen-bond acceptors (Lipinski definition) is 3. The van der Waals surface area contributed by atoms with Gasteiger partial charge in [0.1, 0.15) is 0 Å². The van der Waals surface area contributed by atoms with Crippen LogP contribution in [-0.2, 0) is 6.54 Å². The Kier molecular flexibility index (Phi) is 4.16. The number of nitriles is 1. The van der Waals surface area contributed by atoms with E-state index in [9.17, 15) is 0 Å². The molecule has 0 spiro atoms. The summed E-state index contributed by atoms with van der Waals surface area (Å²) in [6.45, 7) is 3.08. The van der Waals surface area contributed by atoms with Crippen LogP contribution in [0, 0.1) is 17.2 Å². The van der Waals surface area contributed by atoms with Gasteiger partial charge < -0.3 is 9.88 Å². The third-order valence-corrected chi connectivity index (χ3v) is 3.47. The molecule has 3 atom stereocenters. The van der Waals surface area contributed by atoms with Gasteiger partial charge in [-0.15, -0.1) is 0 Å². The fourth-order valence-corrected chi connectivity index (χ4v) is 2.61. The van der Waals surface area contributed by atoms with E-state index < -0.39 is 0 Å². The van der Waals surface area contributed by atoms with Gasteiger partial charge in [0.25, 0.3) is 0 Å². The molecule has 0 aromatic carbocycles. The number of imidazole rings is 1. The van der Waals surface area contributed by atoms with Crippen molar-refractivity contribution in [3.8, 4) is 6.07 Å². The van der Waals surface area contributed by atoms with Crippen molar-refractivity contribution in [2.45, 2.75) is 51.2 Å². The Hall–Kier alpha value is -1.34. The average Bonchev–Trinajstić information content (AvgIpc) is 2.82. The van der Waals surface area contributed by atoms with Crippen LogP contribution in [-0.4, -0.2) is 21.6 Å². The second-order valence-corrected chi connectivity index (χ2v) is 4.95. The average molecular weight is 232 g/mol. The van der Waals surface area contributed by atoms with Crippen molar-refractivity contribution in [3.63, 3.8) is 0 Å². The molecule has 1 aliphatic rings. The SMILES string of the molecule is CC(Cn1ccnc1)NC1CCCCC1C#N. The highest BCUT2D eigenvalue weighted by atomic mass is 15.1. The van der Waals surface area contributed by atoms with Gasteiger partial charge in [-0.25, -0.2) is 4.98 Å². The van der Waals surface area contributed by atoms with E-state index in [-0.39, 0.29) is 5.92 Å². The van der Waals surface area contributed by atoms with E-state index in [4.69, 9.17) is 5.26 Å². The van der Waals surface area contributed by atoms with Crippen molar-refractivity contribution in [1.29, 1.82) is 5.26 Å². The highest BCUT2D eigenvalue weighted by Crippen LogP contribution is 2.24. The molecule has 1 fully saturated rings. The van der Waals surface area contributed by atoms with E-state index in [2.05, 4.69) is 27.9 Å². The summed E-state index contributed by atoms with van der Waals surface area (Å²) in [5.74, 6) is 0.189. The van der Waals surface area contributed by atoms with Crippen LogP contribution in [0.25, 0.3) is 0 Å². The minimum Gasteiger partial charge on any atom is -0.336 e. The Morgan fingerprint density at radius 3 is 3.06 bits per heavy atom. The largest absolute Gasteiger partial charge is 0.336 e. The number of rotatable bonds is 4. The second kappa shape index (κ2) is 5.83. The molecule has 4 nitrogen and oxygen atoms in total. The highest BCUT2D eigenvalue weighted by Gasteiger charge is 2.25. The van der Waals surface area contributed by atoms with Crippen molar-refractivity contribution in [2.24, 2.45) is 5.92 Å². The molecule has 2 rings (SSSR count). The van der Waals surface area contributed by atoms with Crippen molar-refractivity contribution < 1.29 is 0 Å². The maximum atomic E-state index is 9.13. The molecule has 1 saturated carbocycles. The minimum absolute atomic E-state index is 0.189.